The number of carbonyl (C=O) groups is 2. The number of nitrogen functional groups attached to an aromatic ring is 2. The third-order valence-corrected chi connectivity index (χ3v) is 13.5. The SMILES string of the molecule is COC(=O)c1ccc(-c2cc3c(N)c(c2)-c2ccc(cc2)OCCCCCCOc2ccc(cc2)-c2cc(-c4ccc(C(=O)OC)cc4)cc(c2N)-c2ccc(cc2)OCCCCCCOc2ccc-3cc2)cc1. The second kappa shape index (κ2) is 24.3. The van der Waals surface area contributed by atoms with E-state index in [1.54, 1.807) is 24.3 Å². The Hall–Kier alpha value is -8.50. The van der Waals surface area contributed by atoms with Crippen LogP contribution in [-0.2, 0) is 9.47 Å². The summed E-state index contributed by atoms with van der Waals surface area (Å²) in [5.41, 5.74) is 27.6. The van der Waals surface area contributed by atoms with Crippen molar-refractivity contribution < 1.29 is 38.0 Å². The lowest BCUT2D eigenvalue weighted by Gasteiger charge is -2.17. The van der Waals surface area contributed by atoms with Crippen molar-refractivity contribution in [3.8, 4) is 89.8 Å². The molecule has 7 heterocycles. The van der Waals surface area contributed by atoms with Crippen molar-refractivity contribution in [1.82, 2.24) is 0 Å². The van der Waals surface area contributed by atoms with Gasteiger partial charge in [-0.05, 0) is 193 Å². The first-order valence-electron chi connectivity index (χ1n) is 25.4. The molecule has 74 heavy (non-hydrogen) atoms. The van der Waals surface area contributed by atoms with Crippen LogP contribution in [0.4, 0.5) is 11.4 Å². The zero-order valence-electron chi connectivity index (χ0n) is 42.1. The first-order valence-corrected chi connectivity index (χ1v) is 25.4. The number of nitrogens with two attached hydrogens (primary N) is 2. The standard InChI is InChI=1S/C64H62N2O8/c1-69-63(67)49-15-11-43(12-16-49)51-39-57-45-19-27-53(28-20-45)71-35-7-3-5-9-37-73-55-31-23-47(24-32-55)59-41-52(44-13-17-50(18-14-44)64(68)70-2)42-60(62(59)66)48-25-33-56(34-26-48)74-38-10-6-4-8-36-72-54-29-21-46(22-30-54)58(40-51)61(57)65/h11-34,39-42H,3-10,35-38,65-66H2,1-2H3. The number of carbonyl (C=O) groups excluding carboxylic acids is 2. The van der Waals surface area contributed by atoms with E-state index in [9.17, 15) is 9.59 Å². The highest BCUT2D eigenvalue weighted by atomic mass is 16.5. The highest BCUT2D eigenvalue weighted by Gasteiger charge is 2.17. The second-order valence-corrected chi connectivity index (χ2v) is 18.4. The molecule has 0 amide bonds. The molecule has 0 unspecified atom stereocenters. The van der Waals surface area contributed by atoms with Crippen LogP contribution in [0.3, 0.4) is 0 Å². The predicted molar refractivity (Wildman–Crippen MR) is 296 cm³/mol. The molecule has 7 aliphatic heterocycles. The van der Waals surface area contributed by atoms with Crippen LogP contribution in [0, 0.1) is 0 Å². The van der Waals surface area contributed by atoms with Gasteiger partial charge in [-0.2, -0.15) is 0 Å². The highest BCUT2D eigenvalue weighted by molar-refractivity contribution is 5.96. The number of hydrogen-bond acceptors (Lipinski definition) is 10. The minimum Gasteiger partial charge on any atom is -0.494 e. The molecule has 376 valence electrons. The van der Waals surface area contributed by atoms with Gasteiger partial charge in [-0.25, -0.2) is 9.59 Å². The molecule has 0 radical (unpaired) electrons. The van der Waals surface area contributed by atoms with E-state index in [4.69, 9.17) is 39.9 Å². The lowest BCUT2D eigenvalue weighted by molar-refractivity contribution is 0.0592. The van der Waals surface area contributed by atoms with E-state index in [0.717, 1.165) is 141 Å². The summed E-state index contributed by atoms with van der Waals surface area (Å²) >= 11 is 0. The van der Waals surface area contributed by atoms with Crippen molar-refractivity contribution in [1.29, 1.82) is 0 Å². The molecule has 0 aliphatic carbocycles. The fraction of sp³-hybridized carbons (Fsp3) is 0.219. The third kappa shape index (κ3) is 12.4. The van der Waals surface area contributed by atoms with Crippen LogP contribution in [0.5, 0.6) is 23.0 Å². The minimum atomic E-state index is -0.380. The van der Waals surface area contributed by atoms with Crippen LogP contribution in [-0.4, -0.2) is 52.6 Å². The summed E-state index contributed by atoms with van der Waals surface area (Å²) in [7, 11) is 2.77. The second-order valence-electron chi connectivity index (χ2n) is 18.4. The van der Waals surface area contributed by atoms with Gasteiger partial charge in [0.2, 0.25) is 0 Å². The van der Waals surface area contributed by atoms with Crippen LogP contribution in [0.2, 0.25) is 0 Å². The Morgan fingerprint density at radius 2 is 0.554 bits per heavy atom. The Balaban J connectivity index is 0.917. The molecule has 12 bridgehead atoms. The fourth-order valence-electron chi connectivity index (χ4n) is 9.23. The lowest BCUT2D eigenvalue weighted by Crippen LogP contribution is -2.01. The zero-order chi connectivity index (χ0) is 51.2. The Kier molecular flexibility index (Phi) is 16.5. The molecule has 0 spiro atoms. The molecule has 0 fully saturated rings. The number of anilines is 2. The average Bonchev–Trinajstić information content (AvgIpc) is 3.45. The van der Waals surface area contributed by atoms with Crippen LogP contribution in [0.15, 0.2) is 170 Å². The molecule has 4 N–H and O–H groups in total. The van der Waals surface area contributed by atoms with E-state index in [-0.39, 0.29) is 11.9 Å². The highest BCUT2D eigenvalue weighted by Crippen LogP contribution is 2.42. The molecule has 0 saturated heterocycles. The first kappa shape index (κ1) is 50.4. The maximum absolute atomic E-state index is 12.2. The van der Waals surface area contributed by atoms with Gasteiger partial charge in [0.05, 0.1) is 51.8 Å². The number of methoxy groups -OCH3 is 2. The van der Waals surface area contributed by atoms with E-state index < -0.39 is 0 Å². The molecule has 15 rings (SSSR count). The summed E-state index contributed by atoms with van der Waals surface area (Å²) in [5, 5.41) is 0. The molecule has 8 aromatic carbocycles. The summed E-state index contributed by atoms with van der Waals surface area (Å²) in [6.07, 6.45) is 7.73. The van der Waals surface area contributed by atoms with Gasteiger partial charge in [-0.15, -0.1) is 0 Å². The topological polar surface area (TPSA) is 142 Å². The van der Waals surface area contributed by atoms with Crippen molar-refractivity contribution in [3.63, 3.8) is 0 Å². The fourth-order valence-corrected chi connectivity index (χ4v) is 9.23. The molecule has 0 aromatic heterocycles. The summed E-state index contributed by atoms with van der Waals surface area (Å²) in [5.74, 6) is 2.43. The van der Waals surface area contributed by atoms with E-state index >= 15 is 0 Å². The van der Waals surface area contributed by atoms with Crippen molar-refractivity contribution in [2.75, 3.05) is 52.1 Å². The molecular formula is C64H62N2O8. The number of ether oxygens (including phenoxy) is 6. The molecular weight excluding hydrogens is 925 g/mol. The Morgan fingerprint density at radius 3 is 0.784 bits per heavy atom. The number of hydrogen-bond donors (Lipinski definition) is 2. The molecule has 0 atom stereocenters. The third-order valence-electron chi connectivity index (χ3n) is 13.5. The quantitative estimate of drug-likeness (QED) is 0.129. The van der Waals surface area contributed by atoms with Gasteiger partial charge in [-0.1, -0.05) is 72.8 Å². The number of rotatable bonds is 4. The van der Waals surface area contributed by atoms with Gasteiger partial charge >= 0.3 is 11.9 Å². The molecule has 10 heteroatoms. The van der Waals surface area contributed by atoms with Gasteiger partial charge in [-0.3, -0.25) is 0 Å². The smallest absolute Gasteiger partial charge is 0.337 e. The normalized spacial score (nSPS) is 13.5. The minimum absolute atomic E-state index is 0.380. The van der Waals surface area contributed by atoms with Crippen molar-refractivity contribution >= 4 is 23.3 Å². The van der Waals surface area contributed by atoms with Gasteiger partial charge < -0.3 is 39.9 Å². The summed E-state index contributed by atoms with van der Waals surface area (Å²) in [6, 6.07) is 55.6. The van der Waals surface area contributed by atoms with Gasteiger partial charge in [0, 0.05) is 33.6 Å². The van der Waals surface area contributed by atoms with E-state index in [1.165, 1.54) is 14.2 Å². The lowest BCUT2D eigenvalue weighted by atomic mass is 9.91. The Morgan fingerprint density at radius 1 is 0.324 bits per heavy atom. The Bertz CT molecular complexity index is 2790. The maximum Gasteiger partial charge on any atom is 0.337 e. The average molecular weight is 987 g/mol. The van der Waals surface area contributed by atoms with E-state index in [0.29, 0.717) is 48.9 Å². The summed E-state index contributed by atoms with van der Waals surface area (Å²) in [4.78, 5) is 24.5. The first-order chi connectivity index (χ1) is 36.2. The van der Waals surface area contributed by atoms with Crippen LogP contribution in [0.1, 0.15) is 72.1 Å². The molecule has 0 saturated carbocycles. The molecule has 7 aliphatic rings. The molecule has 8 aromatic rings. The predicted octanol–water partition coefficient (Wildman–Crippen LogP) is 14.8. The van der Waals surface area contributed by atoms with Crippen molar-refractivity contribution in [2.24, 2.45) is 0 Å². The van der Waals surface area contributed by atoms with Crippen molar-refractivity contribution in [2.45, 2.75) is 51.4 Å². The zero-order valence-corrected chi connectivity index (χ0v) is 42.1. The van der Waals surface area contributed by atoms with Gasteiger partial charge in [0.25, 0.3) is 0 Å². The van der Waals surface area contributed by atoms with Gasteiger partial charge in [0.1, 0.15) is 23.0 Å². The van der Waals surface area contributed by atoms with Gasteiger partial charge in [0.15, 0.2) is 0 Å². The van der Waals surface area contributed by atoms with Crippen molar-refractivity contribution in [3.05, 3.63) is 181 Å². The van der Waals surface area contributed by atoms with E-state index in [2.05, 4.69) is 72.8 Å². The van der Waals surface area contributed by atoms with Crippen LogP contribution >= 0.6 is 0 Å². The number of benzene rings is 8. The Labute approximate surface area is 433 Å². The monoisotopic (exact) mass is 986 g/mol. The van der Waals surface area contributed by atoms with Crippen LogP contribution < -0.4 is 30.4 Å². The summed E-state index contributed by atoms with van der Waals surface area (Å²) < 4.78 is 34.6. The van der Waals surface area contributed by atoms with Crippen LogP contribution in [0.25, 0.3) is 66.8 Å². The summed E-state index contributed by atoms with van der Waals surface area (Å²) in [6.45, 7) is 2.43. The number of esters is 2. The maximum atomic E-state index is 12.2. The largest absolute Gasteiger partial charge is 0.494 e. The molecule has 10 nitrogen and oxygen atoms in total. The van der Waals surface area contributed by atoms with E-state index in [1.807, 2.05) is 72.8 Å².